The summed E-state index contributed by atoms with van der Waals surface area (Å²) in [6.07, 6.45) is 3.46. The van der Waals surface area contributed by atoms with Crippen LogP contribution in [0.4, 0.5) is 0 Å². The summed E-state index contributed by atoms with van der Waals surface area (Å²) in [6, 6.07) is 9.05. The molecule has 1 heterocycles. The summed E-state index contributed by atoms with van der Waals surface area (Å²) in [5, 5.41) is 28.1. The standard InChI is InChI=1S/C24H31N5O3S.C2H6/c1-23(2,16-31)33-24(9-10-24)15-29(3)11-8-19-20(14-30)27-28-21(19)22(32)26-13-18-6-4-17(12-25)5-7-18;1-2/h4-7,14,31H,8-11,13,15-16H2,1-3H3,(H,26,32)(H,27,28);1-2H3. The van der Waals surface area contributed by atoms with E-state index in [0.717, 1.165) is 24.9 Å². The highest BCUT2D eigenvalue weighted by Crippen LogP contribution is 2.53. The van der Waals surface area contributed by atoms with E-state index in [4.69, 9.17) is 5.26 Å². The van der Waals surface area contributed by atoms with Gasteiger partial charge in [-0.3, -0.25) is 14.7 Å². The Bertz CT molecular complexity index is 1020. The van der Waals surface area contributed by atoms with Crippen LogP contribution in [0, 0.1) is 11.3 Å². The van der Waals surface area contributed by atoms with Gasteiger partial charge in [-0.05, 0) is 57.9 Å². The molecule has 0 bridgehead atoms. The molecule has 1 amide bonds. The Balaban J connectivity index is 0.00000210. The molecule has 0 radical (unpaired) electrons. The minimum Gasteiger partial charge on any atom is -0.395 e. The summed E-state index contributed by atoms with van der Waals surface area (Å²) in [6.45, 7) is 10.1. The number of carbonyl (C=O) groups is 2. The van der Waals surface area contributed by atoms with Gasteiger partial charge in [-0.25, -0.2) is 0 Å². The summed E-state index contributed by atoms with van der Waals surface area (Å²) in [5.41, 5.74) is 2.60. The zero-order valence-electron chi connectivity index (χ0n) is 21.4. The summed E-state index contributed by atoms with van der Waals surface area (Å²) in [7, 11) is 2.04. The number of nitrogens with one attached hydrogen (secondary N) is 2. The molecule has 0 saturated heterocycles. The van der Waals surface area contributed by atoms with Crippen molar-refractivity contribution in [3.8, 4) is 6.07 Å². The third kappa shape index (κ3) is 8.20. The van der Waals surface area contributed by atoms with Gasteiger partial charge in [0.25, 0.3) is 5.91 Å². The van der Waals surface area contributed by atoms with Gasteiger partial charge in [0.2, 0.25) is 0 Å². The highest BCUT2D eigenvalue weighted by atomic mass is 32.2. The summed E-state index contributed by atoms with van der Waals surface area (Å²) in [5.74, 6) is -0.347. The number of aromatic nitrogens is 2. The molecule has 0 aliphatic heterocycles. The zero-order valence-corrected chi connectivity index (χ0v) is 22.2. The second-order valence-corrected chi connectivity index (χ2v) is 11.4. The third-order valence-corrected chi connectivity index (χ3v) is 7.40. The molecule has 2 aromatic rings. The highest BCUT2D eigenvalue weighted by molar-refractivity contribution is 8.02. The van der Waals surface area contributed by atoms with Crippen LogP contribution in [0.1, 0.15) is 78.2 Å². The number of hydrogen-bond donors (Lipinski definition) is 3. The van der Waals surface area contributed by atoms with Crippen molar-refractivity contribution >= 4 is 24.0 Å². The molecule has 0 atom stereocenters. The van der Waals surface area contributed by atoms with Gasteiger partial charge in [-0.1, -0.05) is 26.0 Å². The smallest absolute Gasteiger partial charge is 0.272 e. The van der Waals surface area contributed by atoms with Crippen molar-refractivity contribution in [3.63, 3.8) is 0 Å². The number of H-pyrrole nitrogens is 1. The number of benzene rings is 1. The normalized spacial score (nSPS) is 14.0. The molecule has 1 saturated carbocycles. The van der Waals surface area contributed by atoms with Crippen LogP contribution < -0.4 is 5.32 Å². The predicted molar refractivity (Wildman–Crippen MR) is 140 cm³/mol. The molecule has 3 rings (SSSR count). The van der Waals surface area contributed by atoms with Crippen molar-refractivity contribution in [2.24, 2.45) is 0 Å². The Labute approximate surface area is 212 Å². The van der Waals surface area contributed by atoms with Gasteiger partial charge < -0.3 is 15.3 Å². The van der Waals surface area contributed by atoms with Crippen LogP contribution in [0.3, 0.4) is 0 Å². The van der Waals surface area contributed by atoms with E-state index in [1.165, 1.54) is 0 Å². The van der Waals surface area contributed by atoms with Gasteiger partial charge in [0, 0.05) is 34.7 Å². The fourth-order valence-corrected chi connectivity index (χ4v) is 5.63. The summed E-state index contributed by atoms with van der Waals surface area (Å²) < 4.78 is -0.0149. The Kier molecular flexibility index (Phi) is 10.5. The lowest BCUT2D eigenvalue weighted by Crippen LogP contribution is -2.35. The molecule has 1 aromatic carbocycles. The molecule has 1 aliphatic rings. The Morgan fingerprint density at radius 2 is 2.00 bits per heavy atom. The van der Waals surface area contributed by atoms with Gasteiger partial charge in [-0.2, -0.15) is 10.4 Å². The lowest BCUT2D eigenvalue weighted by molar-refractivity contribution is 0.0944. The molecule has 35 heavy (non-hydrogen) atoms. The number of hydrogen-bond acceptors (Lipinski definition) is 7. The van der Waals surface area contributed by atoms with Crippen LogP contribution in [0.2, 0.25) is 0 Å². The average Bonchev–Trinajstić information content (AvgIpc) is 3.47. The van der Waals surface area contributed by atoms with Crippen LogP contribution in [0.15, 0.2) is 24.3 Å². The summed E-state index contributed by atoms with van der Waals surface area (Å²) in [4.78, 5) is 26.5. The number of aromatic amines is 1. The van der Waals surface area contributed by atoms with Crippen molar-refractivity contribution in [2.45, 2.75) is 63.0 Å². The van der Waals surface area contributed by atoms with Crippen molar-refractivity contribution < 1.29 is 14.7 Å². The van der Waals surface area contributed by atoms with E-state index in [1.807, 2.05) is 32.7 Å². The lowest BCUT2D eigenvalue weighted by atomic mass is 10.1. The van der Waals surface area contributed by atoms with E-state index < -0.39 is 0 Å². The zero-order chi connectivity index (χ0) is 26.1. The van der Waals surface area contributed by atoms with Crippen molar-refractivity contribution in [3.05, 3.63) is 52.3 Å². The van der Waals surface area contributed by atoms with Crippen molar-refractivity contribution in [1.82, 2.24) is 20.4 Å². The first-order valence-corrected chi connectivity index (χ1v) is 12.8. The van der Waals surface area contributed by atoms with E-state index in [1.54, 1.807) is 24.3 Å². The number of amides is 1. The number of likely N-dealkylation sites (N-methyl/N-ethyl adjacent to an activating group) is 1. The number of thioether (sulfide) groups is 1. The first kappa shape index (κ1) is 28.6. The van der Waals surface area contributed by atoms with Gasteiger partial charge in [0.1, 0.15) is 5.69 Å². The molecule has 1 aromatic heterocycles. The number of aliphatic hydroxyl groups is 1. The van der Waals surface area contributed by atoms with Crippen LogP contribution >= 0.6 is 11.8 Å². The monoisotopic (exact) mass is 499 g/mol. The Morgan fingerprint density at radius 1 is 1.34 bits per heavy atom. The van der Waals surface area contributed by atoms with Gasteiger partial charge >= 0.3 is 0 Å². The predicted octanol–water partition coefficient (Wildman–Crippen LogP) is 3.56. The fourth-order valence-electron chi connectivity index (χ4n) is 3.80. The maximum Gasteiger partial charge on any atom is 0.272 e. The van der Waals surface area contributed by atoms with E-state index in [2.05, 4.69) is 40.3 Å². The molecular formula is C26H37N5O3S. The molecule has 3 N–H and O–H groups in total. The van der Waals surface area contributed by atoms with E-state index in [-0.39, 0.29) is 27.7 Å². The molecule has 190 valence electrons. The van der Waals surface area contributed by atoms with Crippen LogP contribution in [0.5, 0.6) is 0 Å². The first-order valence-electron chi connectivity index (χ1n) is 12.0. The Morgan fingerprint density at radius 3 is 2.54 bits per heavy atom. The van der Waals surface area contributed by atoms with E-state index >= 15 is 0 Å². The first-order chi connectivity index (χ1) is 16.7. The summed E-state index contributed by atoms with van der Waals surface area (Å²) >= 11 is 1.84. The van der Waals surface area contributed by atoms with Gasteiger partial charge in [-0.15, -0.1) is 11.8 Å². The maximum atomic E-state index is 12.8. The van der Waals surface area contributed by atoms with Crippen LogP contribution in [-0.4, -0.2) is 68.6 Å². The highest BCUT2D eigenvalue weighted by Gasteiger charge is 2.47. The number of aliphatic hydroxyl groups excluding tert-OH is 1. The molecule has 1 aliphatic carbocycles. The Hall–Kier alpha value is -2.67. The largest absolute Gasteiger partial charge is 0.395 e. The van der Waals surface area contributed by atoms with Crippen LogP contribution in [0.25, 0.3) is 0 Å². The van der Waals surface area contributed by atoms with Crippen molar-refractivity contribution in [1.29, 1.82) is 5.26 Å². The number of rotatable bonds is 12. The van der Waals surface area contributed by atoms with E-state index in [0.29, 0.717) is 42.6 Å². The minimum atomic E-state index is -0.347. The maximum absolute atomic E-state index is 12.8. The topological polar surface area (TPSA) is 122 Å². The minimum absolute atomic E-state index is 0.141. The second kappa shape index (κ2) is 12.9. The molecule has 8 nitrogen and oxygen atoms in total. The third-order valence-electron chi connectivity index (χ3n) is 5.75. The number of nitrogens with zero attached hydrogens (tertiary/aromatic N) is 3. The average molecular weight is 500 g/mol. The van der Waals surface area contributed by atoms with Gasteiger partial charge in [0.05, 0.1) is 18.2 Å². The molecule has 9 heteroatoms. The number of carbonyl (C=O) groups excluding carboxylic acids is 2. The number of aldehydes is 1. The molecular weight excluding hydrogens is 462 g/mol. The van der Waals surface area contributed by atoms with Crippen LogP contribution in [-0.2, 0) is 13.0 Å². The number of nitriles is 1. The quantitative estimate of drug-likeness (QED) is 0.382. The molecule has 0 unspecified atom stereocenters. The lowest BCUT2D eigenvalue weighted by Gasteiger charge is -2.30. The molecule has 0 spiro atoms. The SMILES string of the molecule is CC.CN(CCc1c(C(=O)NCc2ccc(C#N)cc2)n[nH]c1C=O)CC1(SC(C)(C)CO)CC1. The second-order valence-electron chi connectivity index (χ2n) is 9.26. The van der Waals surface area contributed by atoms with Gasteiger partial charge in [0.15, 0.2) is 12.0 Å². The van der Waals surface area contributed by atoms with E-state index in [9.17, 15) is 14.7 Å². The molecule has 1 fully saturated rings. The fraction of sp³-hybridized carbons (Fsp3) is 0.538. The van der Waals surface area contributed by atoms with Crippen molar-refractivity contribution in [2.75, 3.05) is 26.7 Å².